The largest absolute Gasteiger partial charge is 0.235 e. The molecule has 14 heavy (non-hydrogen) atoms. The normalized spacial score (nSPS) is 9.57. The number of hydrogen-bond donors (Lipinski definition) is 0. The van der Waals surface area contributed by atoms with Crippen molar-refractivity contribution in [2.24, 2.45) is 4.99 Å². The van der Waals surface area contributed by atoms with Crippen LogP contribution in [0.2, 0.25) is 0 Å². The van der Waals surface area contributed by atoms with Crippen LogP contribution >= 0.6 is 0 Å². The van der Waals surface area contributed by atoms with Crippen molar-refractivity contribution in [2.45, 2.75) is 33.2 Å². The highest BCUT2D eigenvalue weighted by molar-refractivity contribution is 5.38. The molecule has 0 radical (unpaired) electrons. The molecule has 0 aliphatic rings. The fourth-order valence-electron chi connectivity index (χ4n) is 1.66. The number of benzene rings is 1. The van der Waals surface area contributed by atoms with Crippen LogP contribution in [0.15, 0.2) is 23.2 Å². The average molecular weight is 189 g/mol. The monoisotopic (exact) mass is 189 g/mol. The minimum atomic E-state index is 0.469. The lowest BCUT2D eigenvalue weighted by molar-refractivity contribution is 0.562. The maximum Gasteiger partial charge on any atom is 0.235 e. The van der Waals surface area contributed by atoms with Gasteiger partial charge < -0.3 is 0 Å². The number of aryl methyl sites for hydroxylation is 2. The number of nitrogens with zero attached hydrogens (tertiary/aromatic N) is 1. The molecule has 0 fully saturated rings. The van der Waals surface area contributed by atoms with Crippen molar-refractivity contribution in [1.82, 2.24) is 0 Å². The number of carbonyl (C=O) groups excluding carboxylic acids is 1. The SMILES string of the molecule is CCc1cccc(CC)c1CN=C=O. The second-order valence-corrected chi connectivity index (χ2v) is 3.17. The van der Waals surface area contributed by atoms with Crippen molar-refractivity contribution in [3.63, 3.8) is 0 Å². The van der Waals surface area contributed by atoms with Gasteiger partial charge in [0.2, 0.25) is 6.08 Å². The van der Waals surface area contributed by atoms with Crippen molar-refractivity contribution < 1.29 is 4.79 Å². The fourth-order valence-corrected chi connectivity index (χ4v) is 1.66. The van der Waals surface area contributed by atoms with Crippen LogP contribution in [0.3, 0.4) is 0 Å². The summed E-state index contributed by atoms with van der Waals surface area (Å²) in [4.78, 5) is 13.7. The van der Waals surface area contributed by atoms with Crippen LogP contribution in [0, 0.1) is 0 Å². The Morgan fingerprint density at radius 1 is 1.21 bits per heavy atom. The van der Waals surface area contributed by atoms with Gasteiger partial charge in [-0.25, -0.2) is 9.79 Å². The van der Waals surface area contributed by atoms with E-state index in [1.165, 1.54) is 16.7 Å². The number of rotatable bonds is 4. The first-order valence-electron chi connectivity index (χ1n) is 4.96. The first-order chi connectivity index (χ1) is 6.83. The summed E-state index contributed by atoms with van der Waals surface area (Å²) >= 11 is 0. The zero-order valence-corrected chi connectivity index (χ0v) is 8.71. The summed E-state index contributed by atoms with van der Waals surface area (Å²) < 4.78 is 0. The lowest BCUT2D eigenvalue weighted by atomic mass is 9.98. The first-order valence-corrected chi connectivity index (χ1v) is 4.96. The number of isocyanates is 1. The molecule has 0 heterocycles. The second-order valence-electron chi connectivity index (χ2n) is 3.17. The third-order valence-corrected chi connectivity index (χ3v) is 2.43. The summed E-state index contributed by atoms with van der Waals surface area (Å²) in [6.07, 6.45) is 3.56. The maximum atomic E-state index is 10.1. The van der Waals surface area contributed by atoms with Gasteiger partial charge in [-0.1, -0.05) is 32.0 Å². The van der Waals surface area contributed by atoms with E-state index in [1.54, 1.807) is 6.08 Å². The molecule has 0 amide bonds. The van der Waals surface area contributed by atoms with Crippen molar-refractivity contribution in [3.05, 3.63) is 34.9 Å². The zero-order chi connectivity index (χ0) is 10.4. The second kappa shape index (κ2) is 5.36. The van der Waals surface area contributed by atoms with Gasteiger partial charge >= 0.3 is 0 Å². The highest BCUT2D eigenvalue weighted by Gasteiger charge is 2.04. The van der Waals surface area contributed by atoms with Crippen LogP contribution in [0.25, 0.3) is 0 Å². The molecule has 0 saturated carbocycles. The molecule has 2 nitrogen and oxygen atoms in total. The molecule has 0 aliphatic heterocycles. The Morgan fingerprint density at radius 3 is 2.21 bits per heavy atom. The first kappa shape index (κ1) is 10.7. The summed E-state index contributed by atoms with van der Waals surface area (Å²) in [6.45, 7) is 4.70. The third kappa shape index (κ3) is 2.30. The van der Waals surface area contributed by atoms with Crippen LogP contribution in [0.1, 0.15) is 30.5 Å². The van der Waals surface area contributed by atoms with Crippen LogP contribution in [-0.2, 0) is 24.2 Å². The smallest absolute Gasteiger partial charge is 0.211 e. The molecular weight excluding hydrogens is 174 g/mol. The van der Waals surface area contributed by atoms with Gasteiger partial charge in [0, 0.05) is 0 Å². The summed E-state index contributed by atoms with van der Waals surface area (Å²) in [6, 6.07) is 6.25. The number of aliphatic imine (C=N–C) groups is 1. The maximum absolute atomic E-state index is 10.1. The van der Waals surface area contributed by atoms with E-state index in [2.05, 4.69) is 37.0 Å². The Kier molecular flexibility index (Phi) is 4.09. The predicted octanol–water partition coefficient (Wildman–Crippen LogP) is 2.65. The van der Waals surface area contributed by atoms with Gasteiger partial charge in [0.15, 0.2) is 0 Å². The molecule has 0 saturated heterocycles. The molecule has 0 atom stereocenters. The fraction of sp³-hybridized carbons (Fsp3) is 0.417. The minimum absolute atomic E-state index is 0.469. The van der Waals surface area contributed by atoms with Gasteiger partial charge in [0.1, 0.15) is 0 Å². The summed E-state index contributed by atoms with van der Waals surface area (Å²) in [5.74, 6) is 0. The predicted molar refractivity (Wildman–Crippen MR) is 57.0 cm³/mol. The van der Waals surface area contributed by atoms with Crippen molar-refractivity contribution in [2.75, 3.05) is 0 Å². The quantitative estimate of drug-likeness (QED) is 0.529. The molecule has 1 aromatic carbocycles. The van der Waals surface area contributed by atoms with E-state index in [1.807, 2.05) is 0 Å². The van der Waals surface area contributed by atoms with Crippen LogP contribution in [0.5, 0.6) is 0 Å². The summed E-state index contributed by atoms with van der Waals surface area (Å²) in [7, 11) is 0. The van der Waals surface area contributed by atoms with E-state index in [9.17, 15) is 4.79 Å². The summed E-state index contributed by atoms with van der Waals surface area (Å²) in [5.41, 5.74) is 3.76. The molecule has 74 valence electrons. The zero-order valence-electron chi connectivity index (χ0n) is 8.71. The van der Waals surface area contributed by atoms with E-state index in [0.29, 0.717) is 6.54 Å². The highest BCUT2D eigenvalue weighted by Crippen LogP contribution is 2.17. The Hall–Kier alpha value is -1.40. The van der Waals surface area contributed by atoms with E-state index in [4.69, 9.17) is 0 Å². The Morgan fingerprint density at radius 2 is 1.79 bits per heavy atom. The van der Waals surface area contributed by atoms with Crippen molar-refractivity contribution >= 4 is 6.08 Å². The van der Waals surface area contributed by atoms with Gasteiger partial charge in [0.05, 0.1) is 6.54 Å². The molecule has 0 aromatic heterocycles. The van der Waals surface area contributed by atoms with E-state index < -0.39 is 0 Å². The van der Waals surface area contributed by atoms with Crippen LogP contribution < -0.4 is 0 Å². The van der Waals surface area contributed by atoms with Gasteiger partial charge in [-0.05, 0) is 29.5 Å². The minimum Gasteiger partial charge on any atom is -0.211 e. The molecule has 1 rings (SSSR count). The molecule has 0 bridgehead atoms. The molecule has 1 aromatic rings. The van der Waals surface area contributed by atoms with E-state index in [-0.39, 0.29) is 0 Å². The Labute approximate surface area is 84.7 Å². The van der Waals surface area contributed by atoms with Gasteiger partial charge in [-0.15, -0.1) is 0 Å². The van der Waals surface area contributed by atoms with E-state index in [0.717, 1.165) is 12.8 Å². The Balaban J connectivity index is 3.11. The van der Waals surface area contributed by atoms with Gasteiger partial charge in [-0.3, -0.25) is 0 Å². The topological polar surface area (TPSA) is 29.4 Å². The summed E-state index contributed by atoms with van der Waals surface area (Å²) in [5, 5.41) is 0. The molecule has 0 unspecified atom stereocenters. The highest BCUT2D eigenvalue weighted by atomic mass is 16.1. The molecule has 0 N–H and O–H groups in total. The average Bonchev–Trinajstić information content (AvgIpc) is 2.25. The third-order valence-electron chi connectivity index (χ3n) is 2.43. The Bertz CT molecular complexity index is 329. The van der Waals surface area contributed by atoms with Crippen LogP contribution in [0.4, 0.5) is 0 Å². The van der Waals surface area contributed by atoms with Crippen molar-refractivity contribution in [1.29, 1.82) is 0 Å². The van der Waals surface area contributed by atoms with Crippen LogP contribution in [-0.4, -0.2) is 6.08 Å². The molecule has 0 aliphatic carbocycles. The molecule has 0 spiro atoms. The lowest BCUT2D eigenvalue weighted by Crippen LogP contribution is -1.97. The lowest BCUT2D eigenvalue weighted by Gasteiger charge is -2.09. The van der Waals surface area contributed by atoms with E-state index >= 15 is 0 Å². The number of hydrogen-bond acceptors (Lipinski definition) is 2. The van der Waals surface area contributed by atoms with Gasteiger partial charge in [-0.2, -0.15) is 0 Å². The molecular formula is C12H15NO. The van der Waals surface area contributed by atoms with Gasteiger partial charge in [0.25, 0.3) is 0 Å². The standard InChI is InChI=1S/C12H15NO/c1-3-10-6-5-7-11(4-2)12(10)8-13-9-14/h5-7H,3-4,8H2,1-2H3. The molecule has 2 heteroatoms. The van der Waals surface area contributed by atoms with Crippen molar-refractivity contribution in [3.8, 4) is 0 Å².